The van der Waals surface area contributed by atoms with Gasteiger partial charge in [-0.05, 0) is 20.8 Å². The smallest absolute Gasteiger partial charge is 0.164 e. The summed E-state index contributed by atoms with van der Waals surface area (Å²) in [6, 6.07) is 0. The van der Waals surface area contributed by atoms with Crippen molar-refractivity contribution in [1.29, 1.82) is 0 Å². The van der Waals surface area contributed by atoms with Gasteiger partial charge in [-0.3, -0.25) is 0 Å². The molecule has 0 spiro atoms. The summed E-state index contributed by atoms with van der Waals surface area (Å²) in [5.41, 5.74) is 0. The van der Waals surface area contributed by atoms with Crippen LogP contribution in [0, 0.1) is 0 Å². The molecular weight excluding hydrogens is 172 g/mol. The van der Waals surface area contributed by atoms with Gasteiger partial charge < -0.3 is 19.3 Å². The number of aliphatic hydroxyl groups is 1. The molecule has 4 atom stereocenters. The van der Waals surface area contributed by atoms with E-state index in [0.717, 1.165) is 0 Å². The summed E-state index contributed by atoms with van der Waals surface area (Å²) in [6.45, 7) is 5.70. The third kappa shape index (κ3) is 1.48. The Morgan fingerprint density at radius 3 is 2.46 bits per heavy atom. The van der Waals surface area contributed by atoms with Crippen LogP contribution in [0.25, 0.3) is 0 Å². The Labute approximate surface area is 77.8 Å². The maximum absolute atomic E-state index is 9.04. The fourth-order valence-corrected chi connectivity index (χ4v) is 2.05. The van der Waals surface area contributed by atoms with Crippen molar-refractivity contribution in [2.24, 2.45) is 0 Å². The first-order valence-electron chi connectivity index (χ1n) is 4.65. The zero-order valence-corrected chi connectivity index (χ0v) is 8.19. The highest BCUT2D eigenvalue weighted by Gasteiger charge is 2.53. The van der Waals surface area contributed by atoms with Gasteiger partial charge in [-0.25, -0.2) is 0 Å². The molecule has 0 aromatic carbocycles. The summed E-state index contributed by atoms with van der Waals surface area (Å²) < 4.78 is 16.8. The van der Waals surface area contributed by atoms with Crippen molar-refractivity contribution in [3.63, 3.8) is 0 Å². The molecule has 2 saturated heterocycles. The molecule has 2 fully saturated rings. The summed E-state index contributed by atoms with van der Waals surface area (Å²) in [6.07, 6.45) is -0.382. The van der Waals surface area contributed by atoms with Crippen LogP contribution >= 0.6 is 0 Å². The maximum Gasteiger partial charge on any atom is 0.164 e. The molecule has 2 aliphatic rings. The van der Waals surface area contributed by atoms with E-state index in [1.54, 1.807) is 0 Å². The van der Waals surface area contributed by atoms with Crippen LogP contribution in [0.3, 0.4) is 0 Å². The lowest BCUT2D eigenvalue weighted by Gasteiger charge is -2.22. The molecule has 0 saturated carbocycles. The third-order valence-corrected chi connectivity index (χ3v) is 2.56. The number of fused-ring (bicyclic) bond motifs is 1. The van der Waals surface area contributed by atoms with Crippen molar-refractivity contribution in [2.75, 3.05) is 6.61 Å². The second-order valence-electron chi connectivity index (χ2n) is 4.13. The van der Waals surface area contributed by atoms with Crippen LogP contribution in [0.2, 0.25) is 0 Å². The lowest BCUT2D eigenvalue weighted by Crippen LogP contribution is -2.31. The molecule has 0 aliphatic carbocycles. The average Bonchev–Trinajstić information content (AvgIpc) is 2.47. The maximum atomic E-state index is 9.04. The Bertz CT molecular complexity index is 204. The van der Waals surface area contributed by atoms with Crippen LogP contribution in [0.4, 0.5) is 0 Å². The zero-order chi connectivity index (χ0) is 9.64. The van der Waals surface area contributed by atoms with Crippen LogP contribution in [0.5, 0.6) is 0 Å². The van der Waals surface area contributed by atoms with E-state index >= 15 is 0 Å². The van der Waals surface area contributed by atoms with Crippen LogP contribution in [-0.4, -0.2) is 41.9 Å². The van der Waals surface area contributed by atoms with E-state index in [0.29, 0.717) is 0 Å². The summed E-state index contributed by atoms with van der Waals surface area (Å²) in [4.78, 5) is 0. The highest BCUT2D eigenvalue weighted by atomic mass is 16.8. The monoisotopic (exact) mass is 188 g/mol. The minimum atomic E-state index is -0.541. The molecule has 0 radical (unpaired) electrons. The molecular formula is C9H16O4. The second-order valence-corrected chi connectivity index (χ2v) is 4.13. The summed E-state index contributed by atoms with van der Waals surface area (Å²) >= 11 is 0. The van der Waals surface area contributed by atoms with E-state index in [2.05, 4.69) is 0 Å². The Kier molecular flexibility index (Phi) is 2.11. The van der Waals surface area contributed by atoms with E-state index in [9.17, 15) is 0 Å². The summed E-state index contributed by atoms with van der Waals surface area (Å²) in [5, 5.41) is 9.04. The molecule has 0 aromatic heterocycles. The summed E-state index contributed by atoms with van der Waals surface area (Å²) in [5.74, 6) is -0.541. The normalized spacial score (nSPS) is 48.0. The topological polar surface area (TPSA) is 47.9 Å². The fourth-order valence-electron chi connectivity index (χ4n) is 2.05. The first-order chi connectivity index (χ1) is 6.03. The molecule has 0 bridgehead atoms. The Morgan fingerprint density at radius 2 is 1.85 bits per heavy atom. The second kappa shape index (κ2) is 2.92. The van der Waals surface area contributed by atoms with Gasteiger partial charge in [0.15, 0.2) is 5.79 Å². The van der Waals surface area contributed by atoms with Crippen molar-refractivity contribution in [1.82, 2.24) is 0 Å². The van der Waals surface area contributed by atoms with E-state index in [1.165, 1.54) is 0 Å². The lowest BCUT2D eigenvalue weighted by molar-refractivity contribution is -0.188. The highest BCUT2D eigenvalue weighted by Crippen LogP contribution is 2.38. The van der Waals surface area contributed by atoms with E-state index in [4.69, 9.17) is 19.3 Å². The largest absolute Gasteiger partial charge is 0.394 e. The molecule has 2 rings (SSSR count). The lowest BCUT2D eigenvalue weighted by atomic mass is 10.1. The Hall–Kier alpha value is -0.160. The van der Waals surface area contributed by atoms with E-state index in [1.807, 2.05) is 20.8 Å². The molecule has 2 aliphatic heterocycles. The minimum Gasteiger partial charge on any atom is -0.394 e. The van der Waals surface area contributed by atoms with Crippen LogP contribution in [-0.2, 0) is 14.2 Å². The Morgan fingerprint density at radius 1 is 1.23 bits per heavy atom. The first kappa shape index (κ1) is 9.40. The van der Waals surface area contributed by atoms with Crippen molar-refractivity contribution in [3.8, 4) is 0 Å². The number of ether oxygens (including phenoxy) is 3. The quantitative estimate of drug-likeness (QED) is 0.642. The molecule has 1 N–H and O–H groups in total. The average molecular weight is 188 g/mol. The zero-order valence-electron chi connectivity index (χ0n) is 8.19. The number of aliphatic hydroxyl groups excluding tert-OH is 1. The molecule has 0 amide bonds. The number of hydrogen-bond donors (Lipinski definition) is 1. The molecule has 13 heavy (non-hydrogen) atoms. The van der Waals surface area contributed by atoms with Gasteiger partial charge >= 0.3 is 0 Å². The molecule has 4 nitrogen and oxygen atoms in total. The standard InChI is InChI=1S/C9H16O4/c1-5-7-8(6(4-10)11-5)13-9(2,3)12-7/h5-8,10H,4H2,1-3H3/t5?,6-,7+,8-/m0/s1. The highest BCUT2D eigenvalue weighted by molar-refractivity contribution is 4.96. The van der Waals surface area contributed by atoms with Gasteiger partial charge in [0.25, 0.3) is 0 Å². The molecule has 4 heteroatoms. The summed E-state index contributed by atoms with van der Waals surface area (Å²) in [7, 11) is 0. The molecule has 2 heterocycles. The third-order valence-electron chi connectivity index (χ3n) is 2.56. The predicted molar refractivity (Wildman–Crippen MR) is 45.2 cm³/mol. The van der Waals surface area contributed by atoms with Crippen molar-refractivity contribution in [3.05, 3.63) is 0 Å². The predicted octanol–water partition coefficient (Wildman–Crippen LogP) is 0.286. The van der Waals surface area contributed by atoms with Gasteiger partial charge in [0, 0.05) is 0 Å². The first-order valence-corrected chi connectivity index (χ1v) is 4.65. The van der Waals surface area contributed by atoms with Gasteiger partial charge in [-0.15, -0.1) is 0 Å². The van der Waals surface area contributed by atoms with Gasteiger partial charge in [-0.1, -0.05) is 0 Å². The molecule has 1 unspecified atom stereocenters. The van der Waals surface area contributed by atoms with E-state index < -0.39 is 5.79 Å². The van der Waals surface area contributed by atoms with Gasteiger partial charge in [-0.2, -0.15) is 0 Å². The van der Waals surface area contributed by atoms with Gasteiger partial charge in [0.05, 0.1) is 12.7 Å². The minimum absolute atomic E-state index is 0.00363. The number of hydrogen-bond acceptors (Lipinski definition) is 4. The van der Waals surface area contributed by atoms with Crippen molar-refractivity contribution >= 4 is 0 Å². The van der Waals surface area contributed by atoms with Crippen molar-refractivity contribution < 1.29 is 19.3 Å². The molecule has 0 aromatic rings. The van der Waals surface area contributed by atoms with Crippen LogP contribution < -0.4 is 0 Å². The fraction of sp³-hybridized carbons (Fsp3) is 1.00. The van der Waals surface area contributed by atoms with Crippen LogP contribution in [0.1, 0.15) is 20.8 Å². The van der Waals surface area contributed by atoms with Crippen molar-refractivity contribution in [2.45, 2.75) is 51.0 Å². The van der Waals surface area contributed by atoms with E-state index in [-0.39, 0.29) is 31.0 Å². The van der Waals surface area contributed by atoms with Crippen LogP contribution in [0.15, 0.2) is 0 Å². The number of rotatable bonds is 1. The SMILES string of the molecule is CC1O[C@@H](CO)[C@@H]2OC(C)(C)O[C@H]12. The van der Waals surface area contributed by atoms with Gasteiger partial charge in [0.1, 0.15) is 18.3 Å². The Balaban J connectivity index is 2.12. The van der Waals surface area contributed by atoms with Gasteiger partial charge in [0.2, 0.25) is 0 Å². The molecule has 76 valence electrons.